The fourth-order valence-electron chi connectivity index (χ4n) is 7.26. The van der Waals surface area contributed by atoms with Crippen molar-refractivity contribution in [2.45, 2.75) is 58.4 Å². The van der Waals surface area contributed by atoms with Crippen molar-refractivity contribution in [2.24, 2.45) is 0 Å². The maximum atomic E-state index is 13.5. The normalized spacial score (nSPS) is 11.9. The highest BCUT2D eigenvalue weighted by atomic mass is 35.5. The molecule has 5 aromatic carbocycles. The first kappa shape index (κ1) is 39.6. The number of aryl methyl sites for hydroxylation is 1. The van der Waals surface area contributed by atoms with Crippen molar-refractivity contribution < 1.29 is 23.8 Å². The molecule has 0 N–H and O–H groups in total. The molecule has 0 radical (unpaired) electrons. The van der Waals surface area contributed by atoms with Crippen LogP contribution in [0.2, 0.25) is 5.15 Å². The summed E-state index contributed by atoms with van der Waals surface area (Å²) < 4.78 is 19.0. The Morgan fingerprint density at radius 3 is 1.88 bits per heavy atom. The van der Waals surface area contributed by atoms with Crippen LogP contribution >= 0.6 is 11.6 Å². The second-order valence-electron chi connectivity index (χ2n) is 13.6. The molecule has 0 fully saturated rings. The molecule has 58 heavy (non-hydrogen) atoms. The summed E-state index contributed by atoms with van der Waals surface area (Å²) in [6.45, 7) is 5.59. The number of esters is 1. The molecule has 0 bridgehead atoms. The maximum absolute atomic E-state index is 13.5. The van der Waals surface area contributed by atoms with E-state index in [4.69, 9.17) is 36.1 Å². The van der Waals surface area contributed by atoms with E-state index in [9.17, 15) is 9.59 Å². The molecule has 7 rings (SSSR count). The molecule has 0 aliphatic carbocycles. The molecule has 0 amide bonds. The van der Waals surface area contributed by atoms with Crippen molar-refractivity contribution in [3.05, 3.63) is 178 Å². The number of aromatic nitrogens is 6. The summed E-state index contributed by atoms with van der Waals surface area (Å²) in [5, 5.41) is 13.8. The molecule has 1 atom stereocenters. The van der Waals surface area contributed by atoms with Gasteiger partial charge in [0.15, 0.2) is 16.7 Å². The zero-order valence-electron chi connectivity index (χ0n) is 32.5. The molecule has 2 heterocycles. The van der Waals surface area contributed by atoms with Crippen LogP contribution in [0.4, 0.5) is 4.79 Å². The van der Waals surface area contributed by atoms with Crippen molar-refractivity contribution in [3.8, 4) is 22.5 Å². The fourth-order valence-corrected chi connectivity index (χ4v) is 7.54. The Kier molecular flexibility index (Phi) is 12.4. The molecule has 294 valence electrons. The second kappa shape index (κ2) is 18.1. The topological polar surface area (TPSA) is 123 Å². The second-order valence-corrected chi connectivity index (χ2v) is 14.0. The predicted molar refractivity (Wildman–Crippen MR) is 221 cm³/mol. The summed E-state index contributed by atoms with van der Waals surface area (Å²) >= 11 is 6.58. The van der Waals surface area contributed by atoms with E-state index in [0.717, 1.165) is 51.8 Å². The molecule has 7 aromatic rings. The van der Waals surface area contributed by atoms with E-state index in [1.54, 1.807) is 11.5 Å². The number of ether oxygens (including phenoxy) is 3. The monoisotopic (exact) mass is 794 g/mol. The Morgan fingerprint density at radius 1 is 0.741 bits per heavy atom. The minimum atomic E-state index is -1.20. The van der Waals surface area contributed by atoms with E-state index in [0.29, 0.717) is 24.6 Å². The van der Waals surface area contributed by atoms with Gasteiger partial charge in [0.1, 0.15) is 11.4 Å². The van der Waals surface area contributed by atoms with Gasteiger partial charge in [0.25, 0.3) is 0 Å². The molecule has 0 spiro atoms. The van der Waals surface area contributed by atoms with E-state index in [-0.39, 0.29) is 17.5 Å². The van der Waals surface area contributed by atoms with Crippen LogP contribution in [0.15, 0.2) is 140 Å². The predicted octanol–water partition coefficient (Wildman–Crippen LogP) is 9.76. The first-order valence-corrected chi connectivity index (χ1v) is 19.7. The highest BCUT2D eigenvalue weighted by Crippen LogP contribution is 2.43. The molecule has 0 aliphatic rings. The van der Waals surface area contributed by atoms with Gasteiger partial charge >= 0.3 is 12.1 Å². The summed E-state index contributed by atoms with van der Waals surface area (Å²) in [6.07, 6.45) is 0.236. The van der Waals surface area contributed by atoms with Crippen molar-refractivity contribution in [3.63, 3.8) is 0 Å². The third-order valence-electron chi connectivity index (χ3n) is 9.88. The first-order valence-electron chi connectivity index (χ1n) is 19.3. The quantitative estimate of drug-likeness (QED) is 0.0567. The minimum Gasteiger partial charge on any atom is -0.435 e. The maximum Gasteiger partial charge on any atom is 0.511 e. The van der Waals surface area contributed by atoms with Gasteiger partial charge in [0.05, 0.1) is 6.61 Å². The third-order valence-corrected chi connectivity index (χ3v) is 10.1. The lowest BCUT2D eigenvalue weighted by Gasteiger charge is -2.36. The Bertz CT molecular complexity index is 2360. The number of halogens is 1. The summed E-state index contributed by atoms with van der Waals surface area (Å²) in [5.74, 6) is 0.477. The Balaban J connectivity index is 1.26. The number of tetrazole rings is 1. The molecular weight excluding hydrogens is 752 g/mol. The van der Waals surface area contributed by atoms with Crippen molar-refractivity contribution >= 4 is 23.7 Å². The lowest BCUT2D eigenvalue weighted by Crippen LogP contribution is -2.39. The van der Waals surface area contributed by atoms with Crippen LogP contribution < -0.4 is 0 Å². The van der Waals surface area contributed by atoms with Crippen molar-refractivity contribution in [2.75, 3.05) is 6.61 Å². The van der Waals surface area contributed by atoms with Gasteiger partial charge in [-0.25, -0.2) is 19.3 Å². The number of carbonyl (C=O) groups is 2. The van der Waals surface area contributed by atoms with Gasteiger partial charge in [0.2, 0.25) is 6.29 Å². The molecule has 0 saturated carbocycles. The van der Waals surface area contributed by atoms with Crippen LogP contribution in [0.5, 0.6) is 0 Å². The van der Waals surface area contributed by atoms with Crippen LogP contribution in [0, 0.1) is 0 Å². The van der Waals surface area contributed by atoms with E-state index >= 15 is 0 Å². The number of hydrogen-bond donors (Lipinski definition) is 0. The smallest absolute Gasteiger partial charge is 0.435 e. The number of hydrogen-bond acceptors (Lipinski definition) is 9. The van der Waals surface area contributed by atoms with Crippen LogP contribution in [0.1, 0.15) is 72.2 Å². The number of rotatable bonds is 15. The highest BCUT2D eigenvalue weighted by Gasteiger charge is 2.42. The average molecular weight is 795 g/mol. The Labute approximate surface area is 342 Å². The molecular formula is C46H43ClN6O5. The minimum absolute atomic E-state index is 0.0142. The van der Waals surface area contributed by atoms with Crippen molar-refractivity contribution in [1.29, 1.82) is 0 Å². The van der Waals surface area contributed by atoms with Gasteiger partial charge in [-0.3, -0.25) is 0 Å². The lowest BCUT2D eigenvalue weighted by atomic mass is 9.77. The van der Waals surface area contributed by atoms with E-state index in [1.807, 2.05) is 102 Å². The van der Waals surface area contributed by atoms with Gasteiger partial charge in [0, 0.05) is 25.5 Å². The van der Waals surface area contributed by atoms with Crippen LogP contribution in [-0.4, -0.2) is 54.8 Å². The van der Waals surface area contributed by atoms with Gasteiger partial charge in [-0.2, -0.15) is 0 Å². The van der Waals surface area contributed by atoms with Crippen LogP contribution in [0.25, 0.3) is 22.5 Å². The van der Waals surface area contributed by atoms with E-state index in [2.05, 4.69) is 59.6 Å². The van der Waals surface area contributed by atoms with Crippen LogP contribution in [0.3, 0.4) is 0 Å². The zero-order chi connectivity index (χ0) is 40.5. The fraction of sp³-hybridized carbons (Fsp3) is 0.217. The third kappa shape index (κ3) is 8.12. The van der Waals surface area contributed by atoms with E-state index in [1.165, 1.54) is 6.92 Å². The van der Waals surface area contributed by atoms with Crippen LogP contribution in [-0.2, 0) is 32.7 Å². The van der Waals surface area contributed by atoms with Crippen molar-refractivity contribution in [1.82, 2.24) is 29.8 Å². The molecule has 0 aliphatic heterocycles. The number of imidazole rings is 1. The van der Waals surface area contributed by atoms with Gasteiger partial charge in [-0.1, -0.05) is 164 Å². The average Bonchev–Trinajstić information content (AvgIpc) is 3.86. The van der Waals surface area contributed by atoms with E-state index < -0.39 is 24.0 Å². The summed E-state index contributed by atoms with van der Waals surface area (Å²) in [4.78, 5) is 29.8. The Hall–Kier alpha value is -6.59. The molecule has 1 unspecified atom stereocenters. The summed E-state index contributed by atoms with van der Waals surface area (Å²) in [5.41, 5.74) is 5.80. The van der Waals surface area contributed by atoms with Gasteiger partial charge in [-0.15, -0.1) is 5.10 Å². The van der Waals surface area contributed by atoms with Gasteiger partial charge in [-0.05, 0) is 57.2 Å². The number of nitrogens with zero attached hydrogens (tertiary/aromatic N) is 6. The molecule has 12 heteroatoms. The highest BCUT2D eigenvalue weighted by molar-refractivity contribution is 6.32. The standard InChI is InChI=1S/C46H43ClN6O5/c1-4-6-26-40-48-42(47)41(44(54)57-32(3)58-45(55)56-5-2)52(40)31-33-27-29-34(30-28-33)38-24-16-17-25-39(38)43-49-50-51-53(43)46(35-18-10-7-11-19-35,36-20-12-8-13-21-36)37-22-14-9-15-23-37/h7-25,27-30,32H,4-6,26,31H2,1-3H3. The lowest BCUT2D eigenvalue weighted by molar-refractivity contribution is -0.0816. The SMILES string of the molecule is CCCCc1nc(Cl)c(C(=O)OC(C)OC(=O)OCC)n1Cc1ccc(-c2ccccc2-c2nnnn2C(c2ccccc2)(c2ccccc2)c2ccccc2)cc1. The molecule has 0 saturated heterocycles. The molecule has 11 nitrogen and oxygen atoms in total. The first-order chi connectivity index (χ1) is 28.3. The molecule has 2 aromatic heterocycles. The number of carbonyl (C=O) groups excluding carboxylic acids is 2. The summed E-state index contributed by atoms with van der Waals surface area (Å²) in [7, 11) is 0. The number of benzene rings is 5. The summed E-state index contributed by atoms with van der Waals surface area (Å²) in [6, 6.07) is 47.1. The Morgan fingerprint density at radius 2 is 1.31 bits per heavy atom. The zero-order valence-corrected chi connectivity index (χ0v) is 33.3. The van der Waals surface area contributed by atoms with Gasteiger partial charge < -0.3 is 18.8 Å². The number of unbranched alkanes of at least 4 members (excludes halogenated alkanes) is 1. The largest absolute Gasteiger partial charge is 0.511 e.